The van der Waals surface area contributed by atoms with Gasteiger partial charge in [-0.1, -0.05) is 61.4 Å². The van der Waals surface area contributed by atoms with Gasteiger partial charge in [0.1, 0.15) is 0 Å². The van der Waals surface area contributed by atoms with Crippen molar-refractivity contribution in [2.45, 2.75) is 64.7 Å². The molecular weight excluding hydrogens is 328 g/mol. The van der Waals surface area contributed by atoms with Crippen LogP contribution in [0.4, 0.5) is 0 Å². The van der Waals surface area contributed by atoms with Gasteiger partial charge in [0, 0.05) is 25.2 Å². The predicted octanol–water partition coefficient (Wildman–Crippen LogP) is 4.92. The van der Waals surface area contributed by atoms with Crippen LogP contribution in [0.15, 0.2) is 48.5 Å². The van der Waals surface area contributed by atoms with Crippen LogP contribution < -0.4 is 10.6 Å². The largest absolute Gasteiger partial charge is 0.308 e. The normalized spacial score (nSPS) is 20.1. The summed E-state index contributed by atoms with van der Waals surface area (Å²) in [5, 5.41) is 7.63. The Morgan fingerprint density at radius 2 is 1.12 bits per heavy atom. The van der Waals surface area contributed by atoms with E-state index in [4.69, 9.17) is 0 Å². The zero-order valence-electron chi connectivity index (χ0n) is 15.4. The smallest absolute Gasteiger partial charge is 0.0224 e. The molecule has 0 spiro atoms. The van der Waals surface area contributed by atoms with Gasteiger partial charge in [-0.05, 0) is 48.9 Å². The SMILES string of the molecule is Cc1ccccc1CNC1CCCCC1NCc1ccccc1C.Cl. The number of hydrogen-bond acceptors (Lipinski definition) is 2. The fraction of sp³-hybridized carbons (Fsp3) is 0.455. The molecule has 0 bridgehead atoms. The van der Waals surface area contributed by atoms with E-state index in [0.29, 0.717) is 12.1 Å². The molecule has 136 valence electrons. The van der Waals surface area contributed by atoms with Crippen LogP contribution in [0.3, 0.4) is 0 Å². The predicted molar refractivity (Wildman–Crippen MR) is 109 cm³/mol. The highest BCUT2D eigenvalue weighted by molar-refractivity contribution is 5.85. The Labute approximate surface area is 158 Å². The molecule has 2 N–H and O–H groups in total. The average Bonchev–Trinajstić information content (AvgIpc) is 2.61. The Morgan fingerprint density at radius 1 is 0.720 bits per heavy atom. The van der Waals surface area contributed by atoms with Crippen LogP contribution in [-0.2, 0) is 13.1 Å². The highest BCUT2D eigenvalue weighted by Gasteiger charge is 2.24. The second kappa shape index (κ2) is 9.96. The van der Waals surface area contributed by atoms with Gasteiger partial charge in [-0.15, -0.1) is 12.4 Å². The third-order valence-electron chi connectivity index (χ3n) is 5.40. The molecule has 0 amide bonds. The van der Waals surface area contributed by atoms with Crippen molar-refractivity contribution >= 4 is 12.4 Å². The Kier molecular flexibility index (Phi) is 7.95. The molecule has 2 nitrogen and oxygen atoms in total. The molecule has 25 heavy (non-hydrogen) atoms. The van der Waals surface area contributed by atoms with Crippen molar-refractivity contribution in [2.75, 3.05) is 0 Å². The van der Waals surface area contributed by atoms with Gasteiger partial charge < -0.3 is 10.6 Å². The van der Waals surface area contributed by atoms with Crippen LogP contribution in [0, 0.1) is 13.8 Å². The summed E-state index contributed by atoms with van der Waals surface area (Å²) in [6, 6.07) is 18.5. The van der Waals surface area contributed by atoms with Gasteiger partial charge in [-0.25, -0.2) is 0 Å². The van der Waals surface area contributed by atoms with E-state index in [1.165, 1.54) is 47.9 Å². The van der Waals surface area contributed by atoms with E-state index >= 15 is 0 Å². The van der Waals surface area contributed by atoms with Crippen LogP contribution in [0.2, 0.25) is 0 Å². The van der Waals surface area contributed by atoms with Gasteiger partial charge in [-0.2, -0.15) is 0 Å². The number of nitrogens with one attached hydrogen (secondary N) is 2. The minimum Gasteiger partial charge on any atom is -0.308 e. The second-order valence-electron chi connectivity index (χ2n) is 7.11. The summed E-state index contributed by atoms with van der Waals surface area (Å²) in [4.78, 5) is 0. The fourth-order valence-corrected chi connectivity index (χ4v) is 3.72. The summed E-state index contributed by atoms with van der Waals surface area (Å²) >= 11 is 0. The average molecular weight is 359 g/mol. The van der Waals surface area contributed by atoms with Crippen molar-refractivity contribution in [2.24, 2.45) is 0 Å². The minimum absolute atomic E-state index is 0. The van der Waals surface area contributed by atoms with E-state index in [0.717, 1.165) is 13.1 Å². The standard InChI is InChI=1S/C22H30N2.ClH/c1-17-9-3-5-11-19(17)15-23-21-13-7-8-14-22(21)24-16-20-12-6-4-10-18(20)2;/h3-6,9-12,21-24H,7-8,13-16H2,1-2H3;1H. The van der Waals surface area contributed by atoms with Crippen molar-refractivity contribution in [1.29, 1.82) is 0 Å². The van der Waals surface area contributed by atoms with Gasteiger partial charge in [0.05, 0.1) is 0 Å². The van der Waals surface area contributed by atoms with Gasteiger partial charge in [0.25, 0.3) is 0 Å². The van der Waals surface area contributed by atoms with Crippen LogP contribution in [0.25, 0.3) is 0 Å². The summed E-state index contributed by atoms with van der Waals surface area (Å²) in [7, 11) is 0. The molecule has 1 aliphatic rings. The Hall–Kier alpha value is -1.35. The molecule has 2 aromatic rings. The fourth-order valence-electron chi connectivity index (χ4n) is 3.72. The van der Waals surface area contributed by atoms with E-state index < -0.39 is 0 Å². The van der Waals surface area contributed by atoms with Crippen LogP contribution in [-0.4, -0.2) is 12.1 Å². The Morgan fingerprint density at radius 3 is 1.52 bits per heavy atom. The van der Waals surface area contributed by atoms with E-state index in [1.807, 2.05) is 0 Å². The second-order valence-corrected chi connectivity index (χ2v) is 7.11. The molecule has 0 radical (unpaired) electrons. The van der Waals surface area contributed by atoms with E-state index in [-0.39, 0.29) is 12.4 Å². The maximum Gasteiger partial charge on any atom is 0.0224 e. The zero-order chi connectivity index (χ0) is 16.8. The van der Waals surface area contributed by atoms with Gasteiger partial charge in [0.15, 0.2) is 0 Å². The summed E-state index contributed by atoms with van der Waals surface area (Å²) in [6.45, 7) is 6.34. The summed E-state index contributed by atoms with van der Waals surface area (Å²) < 4.78 is 0. The van der Waals surface area contributed by atoms with Crippen molar-refractivity contribution in [3.05, 3.63) is 70.8 Å². The number of rotatable bonds is 6. The molecule has 1 fully saturated rings. The molecule has 3 rings (SSSR count). The summed E-state index contributed by atoms with van der Waals surface area (Å²) in [6.07, 6.45) is 5.23. The van der Waals surface area contributed by atoms with Gasteiger partial charge in [0.2, 0.25) is 0 Å². The van der Waals surface area contributed by atoms with Crippen molar-refractivity contribution in [3.8, 4) is 0 Å². The molecule has 0 aliphatic heterocycles. The first-order valence-corrected chi connectivity index (χ1v) is 9.30. The van der Waals surface area contributed by atoms with Crippen LogP contribution in [0.1, 0.15) is 47.9 Å². The van der Waals surface area contributed by atoms with Crippen molar-refractivity contribution in [3.63, 3.8) is 0 Å². The molecule has 0 saturated heterocycles. The number of halogens is 1. The molecule has 2 unspecified atom stereocenters. The Balaban J connectivity index is 0.00000225. The minimum atomic E-state index is 0. The highest BCUT2D eigenvalue weighted by atomic mass is 35.5. The van der Waals surface area contributed by atoms with E-state index in [1.54, 1.807) is 0 Å². The monoisotopic (exact) mass is 358 g/mol. The molecular formula is C22H31ClN2. The lowest BCUT2D eigenvalue weighted by molar-refractivity contribution is 0.281. The van der Waals surface area contributed by atoms with Crippen molar-refractivity contribution < 1.29 is 0 Å². The third-order valence-corrected chi connectivity index (χ3v) is 5.40. The Bertz CT molecular complexity index is 598. The maximum atomic E-state index is 3.82. The van der Waals surface area contributed by atoms with Gasteiger partial charge >= 0.3 is 0 Å². The van der Waals surface area contributed by atoms with E-state index in [9.17, 15) is 0 Å². The summed E-state index contributed by atoms with van der Waals surface area (Å²) in [5.41, 5.74) is 5.59. The van der Waals surface area contributed by atoms with E-state index in [2.05, 4.69) is 73.0 Å². The lowest BCUT2D eigenvalue weighted by atomic mass is 9.89. The molecule has 3 heteroatoms. The molecule has 0 heterocycles. The third kappa shape index (κ3) is 5.57. The topological polar surface area (TPSA) is 24.1 Å². The number of benzene rings is 2. The van der Waals surface area contributed by atoms with Gasteiger partial charge in [-0.3, -0.25) is 0 Å². The molecule has 1 aliphatic carbocycles. The molecule has 2 atom stereocenters. The first-order chi connectivity index (χ1) is 11.7. The molecule has 0 aromatic heterocycles. The van der Waals surface area contributed by atoms with Crippen LogP contribution in [0.5, 0.6) is 0 Å². The number of aryl methyl sites for hydroxylation is 2. The lowest BCUT2D eigenvalue weighted by Gasteiger charge is -2.33. The summed E-state index contributed by atoms with van der Waals surface area (Å²) in [5.74, 6) is 0. The van der Waals surface area contributed by atoms with Crippen molar-refractivity contribution in [1.82, 2.24) is 10.6 Å². The highest BCUT2D eigenvalue weighted by Crippen LogP contribution is 2.20. The van der Waals surface area contributed by atoms with Crippen LogP contribution >= 0.6 is 12.4 Å². The quantitative estimate of drug-likeness (QED) is 0.766. The zero-order valence-corrected chi connectivity index (χ0v) is 16.2. The lowest BCUT2D eigenvalue weighted by Crippen LogP contribution is -2.49. The molecule has 1 saturated carbocycles. The first-order valence-electron chi connectivity index (χ1n) is 9.30. The molecule has 2 aromatic carbocycles. The number of hydrogen-bond donors (Lipinski definition) is 2. The first kappa shape index (κ1) is 20.0. The maximum absolute atomic E-state index is 3.82.